The normalized spacial score (nSPS) is 14.6. The Morgan fingerprint density at radius 3 is 2.92 bits per heavy atom. The van der Waals surface area contributed by atoms with Gasteiger partial charge in [0.05, 0.1) is 17.4 Å². The molecule has 0 spiro atoms. The first kappa shape index (κ1) is 16.6. The van der Waals surface area contributed by atoms with Crippen LogP contribution in [0.1, 0.15) is 24.8 Å². The number of carbonyl (C=O) groups is 1. The highest BCUT2D eigenvalue weighted by Crippen LogP contribution is 2.26. The maximum Gasteiger partial charge on any atom is 0.224 e. The first-order chi connectivity index (χ1) is 11.7. The highest BCUT2D eigenvalue weighted by molar-refractivity contribution is 7.84. The van der Waals surface area contributed by atoms with E-state index < -0.39 is 10.8 Å². The number of aromatic nitrogens is 1. The molecule has 1 aliphatic rings. The third kappa shape index (κ3) is 4.41. The second-order valence-electron chi connectivity index (χ2n) is 5.64. The van der Waals surface area contributed by atoms with Crippen molar-refractivity contribution in [2.45, 2.75) is 30.7 Å². The minimum absolute atomic E-state index is 0.0667. The number of anilines is 1. The molecule has 1 amide bonds. The van der Waals surface area contributed by atoms with Crippen LogP contribution < -0.4 is 10.1 Å². The van der Waals surface area contributed by atoms with Crippen LogP contribution in [-0.4, -0.2) is 27.5 Å². The largest absolute Gasteiger partial charge is 0.494 e. The summed E-state index contributed by atoms with van der Waals surface area (Å²) in [7, 11) is -1.04. The van der Waals surface area contributed by atoms with E-state index >= 15 is 0 Å². The molecule has 1 N–H and O–H groups in total. The lowest BCUT2D eigenvalue weighted by Crippen LogP contribution is -2.18. The topological polar surface area (TPSA) is 68.3 Å². The van der Waals surface area contributed by atoms with Gasteiger partial charge in [0.1, 0.15) is 10.8 Å². The molecule has 126 valence electrons. The van der Waals surface area contributed by atoms with E-state index in [4.69, 9.17) is 4.74 Å². The Kier molecular flexibility index (Phi) is 5.59. The zero-order valence-electron chi connectivity index (χ0n) is 13.4. The summed E-state index contributed by atoms with van der Waals surface area (Å²) in [6.45, 7) is 0.588. The number of nitrogens with one attached hydrogen (secondary N) is 1. The van der Waals surface area contributed by atoms with Gasteiger partial charge in [-0.25, -0.2) is 4.98 Å². The number of pyridine rings is 1. The lowest BCUT2D eigenvalue weighted by molar-refractivity contribution is -0.116. The van der Waals surface area contributed by atoms with Crippen LogP contribution in [0.3, 0.4) is 0 Å². The number of hydrogen-bond acceptors (Lipinski definition) is 4. The van der Waals surface area contributed by atoms with Crippen molar-refractivity contribution in [3.63, 3.8) is 0 Å². The minimum atomic E-state index is -1.04. The van der Waals surface area contributed by atoms with Gasteiger partial charge in [-0.05, 0) is 55.2 Å². The van der Waals surface area contributed by atoms with Gasteiger partial charge in [0, 0.05) is 24.1 Å². The van der Waals surface area contributed by atoms with Crippen molar-refractivity contribution < 1.29 is 13.7 Å². The lowest BCUT2D eigenvalue weighted by atomic mass is 10.0. The van der Waals surface area contributed by atoms with Gasteiger partial charge in [-0.3, -0.25) is 9.00 Å². The van der Waals surface area contributed by atoms with Crippen LogP contribution in [0.25, 0.3) is 0 Å². The zero-order chi connectivity index (χ0) is 16.8. The average molecular weight is 344 g/mol. The van der Waals surface area contributed by atoms with Crippen molar-refractivity contribution in [2.24, 2.45) is 0 Å². The van der Waals surface area contributed by atoms with Crippen LogP contribution in [0.5, 0.6) is 5.75 Å². The van der Waals surface area contributed by atoms with E-state index in [0.29, 0.717) is 23.8 Å². The molecule has 2 heterocycles. The Morgan fingerprint density at radius 1 is 1.17 bits per heavy atom. The monoisotopic (exact) mass is 344 g/mol. The number of nitrogens with zero attached hydrogens (tertiary/aromatic N) is 1. The molecule has 0 fully saturated rings. The lowest BCUT2D eigenvalue weighted by Gasteiger charge is -2.17. The Bertz CT molecular complexity index is 734. The molecule has 1 unspecified atom stereocenters. The fraction of sp³-hybridized carbons (Fsp3) is 0.333. The molecular weight excluding hydrogens is 324 g/mol. The van der Waals surface area contributed by atoms with E-state index in [-0.39, 0.29) is 5.91 Å². The van der Waals surface area contributed by atoms with Crippen LogP contribution in [0, 0.1) is 0 Å². The summed E-state index contributed by atoms with van der Waals surface area (Å²) in [5, 5.41) is 3.49. The van der Waals surface area contributed by atoms with E-state index in [9.17, 15) is 9.00 Å². The summed E-state index contributed by atoms with van der Waals surface area (Å²) >= 11 is 0. The van der Waals surface area contributed by atoms with Crippen LogP contribution >= 0.6 is 0 Å². The van der Waals surface area contributed by atoms with Crippen LogP contribution in [0.2, 0.25) is 0 Å². The third-order valence-electron chi connectivity index (χ3n) is 3.84. The molecule has 0 bridgehead atoms. The maximum atomic E-state index is 12.0. The molecule has 6 heteroatoms. The number of ether oxygens (including phenoxy) is 1. The summed E-state index contributed by atoms with van der Waals surface area (Å²) in [4.78, 5) is 15.5. The second kappa shape index (κ2) is 8.06. The average Bonchev–Trinajstić information content (AvgIpc) is 2.62. The molecule has 5 nitrogen and oxygen atoms in total. The van der Waals surface area contributed by atoms with Crippen molar-refractivity contribution >= 4 is 22.4 Å². The summed E-state index contributed by atoms with van der Waals surface area (Å²) in [6, 6.07) is 11.2. The van der Waals surface area contributed by atoms with Gasteiger partial charge in [0.15, 0.2) is 0 Å². The molecule has 0 saturated heterocycles. The van der Waals surface area contributed by atoms with Crippen molar-refractivity contribution in [3.8, 4) is 5.75 Å². The predicted octanol–water partition coefficient (Wildman–Crippen LogP) is 2.93. The quantitative estimate of drug-likeness (QED) is 0.784. The summed E-state index contributed by atoms with van der Waals surface area (Å²) in [5.41, 5.74) is 1.99. The maximum absolute atomic E-state index is 12.0. The number of unbranched alkanes of at least 4 members (excludes halogenated alkanes) is 1. The highest BCUT2D eigenvalue weighted by Gasteiger charge is 2.14. The van der Waals surface area contributed by atoms with Crippen LogP contribution in [0.15, 0.2) is 47.6 Å². The number of aryl methyl sites for hydroxylation is 1. The molecule has 2 aromatic rings. The number of amides is 1. The fourth-order valence-corrected chi connectivity index (χ4v) is 3.65. The highest BCUT2D eigenvalue weighted by atomic mass is 32.2. The van der Waals surface area contributed by atoms with Crippen molar-refractivity contribution in [3.05, 3.63) is 48.2 Å². The summed E-state index contributed by atoms with van der Waals surface area (Å²) < 4.78 is 17.8. The molecule has 0 radical (unpaired) electrons. The van der Waals surface area contributed by atoms with Gasteiger partial charge in [0.25, 0.3) is 0 Å². The smallest absolute Gasteiger partial charge is 0.224 e. The van der Waals surface area contributed by atoms with Gasteiger partial charge in [-0.1, -0.05) is 6.07 Å². The summed E-state index contributed by atoms with van der Waals surface area (Å²) in [6.07, 6.45) is 4.60. The molecule has 1 atom stereocenters. The molecule has 1 aromatic heterocycles. The molecule has 0 aliphatic carbocycles. The van der Waals surface area contributed by atoms with E-state index in [1.165, 1.54) is 0 Å². The number of benzene rings is 1. The SMILES string of the molecule is O=C1CCc2cc(OCCCCS(=O)c3ccccn3)ccc2N1. The van der Waals surface area contributed by atoms with Gasteiger partial charge in [0.2, 0.25) is 5.91 Å². The second-order valence-corrected chi connectivity index (χ2v) is 7.16. The molecule has 0 saturated carbocycles. The first-order valence-corrected chi connectivity index (χ1v) is 9.39. The van der Waals surface area contributed by atoms with E-state index in [1.807, 2.05) is 30.3 Å². The molecule has 3 rings (SSSR count). The van der Waals surface area contributed by atoms with E-state index in [2.05, 4.69) is 10.3 Å². The molecule has 1 aromatic carbocycles. The van der Waals surface area contributed by atoms with E-state index in [1.54, 1.807) is 12.3 Å². The Morgan fingerprint density at radius 2 is 2.08 bits per heavy atom. The van der Waals surface area contributed by atoms with Gasteiger partial charge in [-0.2, -0.15) is 0 Å². The number of carbonyl (C=O) groups excluding carboxylic acids is 1. The third-order valence-corrected chi connectivity index (χ3v) is 5.20. The van der Waals surface area contributed by atoms with Gasteiger partial charge >= 0.3 is 0 Å². The minimum Gasteiger partial charge on any atom is -0.494 e. The zero-order valence-corrected chi connectivity index (χ0v) is 14.2. The number of fused-ring (bicyclic) bond motifs is 1. The number of rotatable bonds is 7. The Hall–Kier alpha value is -2.21. The summed E-state index contributed by atoms with van der Waals surface area (Å²) in [5.74, 6) is 1.48. The first-order valence-electron chi connectivity index (χ1n) is 8.07. The van der Waals surface area contributed by atoms with Crippen molar-refractivity contribution in [1.29, 1.82) is 0 Å². The fourth-order valence-electron chi connectivity index (χ4n) is 2.56. The number of hydrogen-bond donors (Lipinski definition) is 1. The molecular formula is C18H20N2O3S. The Labute approximate surface area is 143 Å². The van der Waals surface area contributed by atoms with Crippen LogP contribution in [0.4, 0.5) is 5.69 Å². The van der Waals surface area contributed by atoms with E-state index in [0.717, 1.165) is 36.3 Å². The van der Waals surface area contributed by atoms with Gasteiger partial charge in [-0.15, -0.1) is 0 Å². The van der Waals surface area contributed by atoms with Crippen molar-refractivity contribution in [2.75, 3.05) is 17.7 Å². The van der Waals surface area contributed by atoms with Crippen molar-refractivity contribution in [1.82, 2.24) is 4.98 Å². The van der Waals surface area contributed by atoms with Gasteiger partial charge < -0.3 is 10.1 Å². The molecule has 1 aliphatic heterocycles. The molecule has 24 heavy (non-hydrogen) atoms. The Balaban J connectivity index is 1.41. The standard InChI is InChI=1S/C18H20N2O3S/c21-17-9-6-14-13-15(7-8-16(14)20-17)23-11-3-4-12-24(22)18-5-1-2-10-19-18/h1-2,5,7-8,10,13H,3-4,6,9,11-12H2,(H,20,21). The van der Waals surface area contributed by atoms with Crippen LogP contribution in [-0.2, 0) is 22.0 Å². The predicted molar refractivity (Wildman–Crippen MR) is 93.6 cm³/mol.